The van der Waals surface area contributed by atoms with Gasteiger partial charge in [0.25, 0.3) is 0 Å². The first-order chi connectivity index (χ1) is 4.90. The fraction of sp³-hybridized carbons (Fsp3) is 0.500. The van der Waals surface area contributed by atoms with Crippen LogP contribution in [0.2, 0.25) is 0 Å². The summed E-state index contributed by atoms with van der Waals surface area (Å²) < 4.78 is 1.94. The van der Waals surface area contributed by atoms with Crippen molar-refractivity contribution >= 4 is 11.8 Å². The molecule has 0 unspecified atom stereocenters. The van der Waals surface area contributed by atoms with E-state index in [0.29, 0.717) is 0 Å². The Hall–Kier alpha value is -0.480. The molecule has 1 N–H and O–H groups in total. The highest BCUT2D eigenvalue weighted by Crippen LogP contribution is 2.25. The number of aliphatic hydroxyl groups excluding tert-OH is 1. The van der Waals surface area contributed by atoms with Gasteiger partial charge in [-0.3, -0.25) is 4.68 Å². The zero-order valence-electron chi connectivity index (χ0n) is 5.45. The lowest BCUT2D eigenvalue weighted by atomic mass is 10.5. The summed E-state index contributed by atoms with van der Waals surface area (Å²) >= 11 is 1.79. The highest BCUT2D eigenvalue weighted by Gasteiger charge is 2.12. The van der Waals surface area contributed by atoms with Crippen LogP contribution in [0.25, 0.3) is 0 Å². The number of rotatable bonds is 1. The van der Waals surface area contributed by atoms with E-state index in [0.717, 1.165) is 18.0 Å². The van der Waals surface area contributed by atoms with Crippen LogP contribution in [0.4, 0.5) is 0 Å². The molecule has 4 heteroatoms. The molecule has 0 amide bonds. The Bertz CT molecular complexity index is 224. The molecule has 3 nitrogen and oxygen atoms in total. The van der Waals surface area contributed by atoms with Gasteiger partial charge in [0.1, 0.15) is 0 Å². The summed E-state index contributed by atoms with van der Waals surface area (Å²) in [6, 6.07) is 1.94. The molecular formula is C6H8N2OS. The van der Waals surface area contributed by atoms with Crippen LogP contribution >= 0.6 is 11.8 Å². The van der Waals surface area contributed by atoms with Crippen molar-refractivity contribution in [2.45, 2.75) is 18.2 Å². The molecule has 1 aromatic rings. The van der Waals surface area contributed by atoms with E-state index in [1.54, 1.807) is 11.8 Å². The Morgan fingerprint density at radius 3 is 3.40 bits per heavy atom. The summed E-state index contributed by atoms with van der Waals surface area (Å²) in [5, 5.41) is 14.0. The van der Waals surface area contributed by atoms with Gasteiger partial charge in [0.2, 0.25) is 0 Å². The van der Waals surface area contributed by atoms with Gasteiger partial charge in [-0.2, -0.15) is 5.10 Å². The van der Waals surface area contributed by atoms with Crippen LogP contribution in [-0.4, -0.2) is 20.6 Å². The van der Waals surface area contributed by atoms with Gasteiger partial charge in [0.15, 0.2) is 0 Å². The average Bonchev–Trinajstić information content (AvgIpc) is 2.42. The Balaban J connectivity index is 2.37. The predicted octanol–water partition coefficient (Wildman–Crippen LogP) is 0.481. The molecule has 0 aromatic carbocycles. The Labute approximate surface area is 63.0 Å². The lowest BCUT2D eigenvalue weighted by Gasteiger charge is -1.88. The van der Waals surface area contributed by atoms with E-state index in [1.807, 2.05) is 10.7 Å². The minimum absolute atomic E-state index is 0.0561. The molecule has 2 heterocycles. The predicted molar refractivity (Wildman–Crippen MR) is 38.9 cm³/mol. The molecule has 0 spiro atoms. The van der Waals surface area contributed by atoms with E-state index in [9.17, 15) is 0 Å². The molecule has 10 heavy (non-hydrogen) atoms. The highest BCUT2D eigenvalue weighted by atomic mass is 32.2. The lowest BCUT2D eigenvalue weighted by molar-refractivity contribution is 0.275. The van der Waals surface area contributed by atoms with Crippen molar-refractivity contribution < 1.29 is 5.11 Å². The van der Waals surface area contributed by atoms with Gasteiger partial charge in [0.05, 0.1) is 23.9 Å². The third kappa shape index (κ3) is 0.839. The third-order valence-electron chi connectivity index (χ3n) is 1.51. The number of nitrogens with zero attached hydrogens (tertiary/aromatic N) is 2. The van der Waals surface area contributed by atoms with Gasteiger partial charge in [-0.1, -0.05) is 0 Å². The molecule has 0 saturated carbocycles. The minimum atomic E-state index is 0.0561. The van der Waals surface area contributed by atoms with Crippen LogP contribution in [0.15, 0.2) is 11.1 Å². The van der Waals surface area contributed by atoms with Crippen molar-refractivity contribution in [3.8, 4) is 0 Å². The molecule has 0 saturated heterocycles. The molecule has 0 radical (unpaired) electrons. The number of thioether (sulfide) groups is 1. The van der Waals surface area contributed by atoms with E-state index in [4.69, 9.17) is 5.11 Å². The van der Waals surface area contributed by atoms with Gasteiger partial charge >= 0.3 is 0 Å². The molecule has 54 valence electrons. The quantitative estimate of drug-likeness (QED) is 0.642. The largest absolute Gasteiger partial charge is 0.390 e. The van der Waals surface area contributed by atoms with Gasteiger partial charge < -0.3 is 5.11 Å². The maximum atomic E-state index is 8.71. The first-order valence-corrected chi connectivity index (χ1v) is 4.19. The number of hydrogen-bond acceptors (Lipinski definition) is 3. The van der Waals surface area contributed by atoms with Crippen LogP contribution in [0, 0.1) is 0 Å². The van der Waals surface area contributed by atoms with Crippen LogP contribution in [0.5, 0.6) is 0 Å². The second kappa shape index (κ2) is 2.29. The molecule has 2 rings (SSSR count). The first kappa shape index (κ1) is 6.24. The van der Waals surface area contributed by atoms with Crippen LogP contribution < -0.4 is 0 Å². The van der Waals surface area contributed by atoms with E-state index >= 15 is 0 Å². The van der Waals surface area contributed by atoms with E-state index in [-0.39, 0.29) is 6.61 Å². The number of aliphatic hydroxyl groups is 1. The topological polar surface area (TPSA) is 38.0 Å². The maximum Gasteiger partial charge on any atom is 0.0944 e. The number of aromatic nitrogens is 2. The van der Waals surface area contributed by atoms with Crippen LogP contribution in [0.1, 0.15) is 5.69 Å². The summed E-state index contributed by atoms with van der Waals surface area (Å²) in [5.74, 6) is 1.12. The Morgan fingerprint density at radius 2 is 2.70 bits per heavy atom. The van der Waals surface area contributed by atoms with Gasteiger partial charge in [0, 0.05) is 5.75 Å². The number of hydrogen-bond donors (Lipinski definition) is 1. The van der Waals surface area contributed by atoms with Crippen molar-refractivity contribution in [3.05, 3.63) is 11.8 Å². The molecule has 1 aliphatic rings. The maximum absolute atomic E-state index is 8.71. The summed E-state index contributed by atoms with van der Waals surface area (Å²) in [7, 11) is 0. The minimum Gasteiger partial charge on any atom is -0.390 e. The third-order valence-corrected chi connectivity index (χ3v) is 2.52. The monoisotopic (exact) mass is 156 g/mol. The zero-order chi connectivity index (χ0) is 6.97. The Morgan fingerprint density at radius 1 is 1.80 bits per heavy atom. The fourth-order valence-electron chi connectivity index (χ4n) is 1.04. The molecule has 0 atom stereocenters. The standard InChI is InChI=1S/C6H8N2OS/c9-4-5-3-6-8(7-5)1-2-10-6/h3,9H,1-2,4H2. The SMILES string of the molecule is OCc1cc2n(n1)CCS2. The first-order valence-electron chi connectivity index (χ1n) is 3.20. The van der Waals surface area contributed by atoms with E-state index < -0.39 is 0 Å². The summed E-state index contributed by atoms with van der Waals surface area (Å²) in [4.78, 5) is 0. The second-order valence-electron chi connectivity index (χ2n) is 2.20. The zero-order valence-corrected chi connectivity index (χ0v) is 6.27. The average molecular weight is 156 g/mol. The van der Waals surface area contributed by atoms with Crippen LogP contribution in [0.3, 0.4) is 0 Å². The Kier molecular flexibility index (Phi) is 1.43. The highest BCUT2D eigenvalue weighted by molar-refractivity contribution is 7.99. The van der Waals surface area contributed by atoms with Crippen molar-refractivity contribution in [1.82, 2.24) is 9.78 Å². The van der Waals surface area contributed by atoms with Gasteiger partial charge in [-0.25, -0.2) is 0 Å². The molecule has 0 aliphatic carbocycles. The van der Waals surface area contributed by atoms with Crippen molar-refractivity contribution in [2.75, 3.05) is 5.75 Å². The van der Waals surface area contributed by atoms with E-state index in [1.165, 1.54) is 5.03 Å². The van der Waals surface area contributed by atoms with Crippen molar-refractivity contribution in [3.63, 3.8) is 0 Å². The van der Waals surface area contributed by atoms with Gasteiger partial charge in [-0.15, -0.1) is 11.8 Å². The summed E-state index contributed by atoms with van der Waals surface area (Å²) in [5.41, 5.74) is 0.780. The number of fused-ring (bicyclic) bond motifs is 1. The molecule has 1 aliphatic heterocycles. The smallest absolute Gasteiger partial charge is 0.0944 e. The van der Waals surface area contributed by atoms with Crippen molar-refractivity contribution in [1.29, 1.82) is 0 Å². The lowest BCUT2D eigenvalue weighted by Crippen LogP contribution is -1.96. The number of aryl methyl sites for hydroxylation is 1. The fourth-order valence-corrected chi connectivity index (χ4v) is 2.01. The normalized spacial score (nSPS) is 15.7. The molecular weight excluding hydrogens is 148 g/mol. The molecule has 1 aromatic heterocycles. The summed E-state index contributed by atoms with van der Waals surface area (Å²) in [6.45, 7) is 1.04. The summed E-state index contributed by atoms with van der Waals surface area (Å²) in [6.07, 6.45) is 0. The second-order valence-corrected chi connectivity index (χ2v) is 3.32. The van der Waals surface area contributed by atoms with Crippen molar-refractivity contribution in [2.24, 2.45) is 0 Å². The molecule has 0 bridgehead atoms. The van der Waals surface area contributed by atoms with E-state index in [2.05, 4.69) is 5.10 Å². The molecule has 0 fully saturated rings. The van der Waals surface area contributed by atoms with Crippen LogP contribution in [-0.2, 0) is 13.2 Å². The van der Waals surface area contributed by atoms with Gasteiger partial charge in [-0.05, 0) is 6.07 Å².